The van der Waals surface area contributed by atoms with E-state index >= 15 is 0 Å². The first-order chi connectivity index (χ1) is 21.0. The molecule has 0 aliphatic heterocycles. The Kier molecular flexibility index (Phi) is 15.3. The van der Waals surface area contributed by atoms with Crippen molar-refractivity contribution in [3.8, 4) is 17.0 Å². The van der Waals surface area contributed by atoms with Crippen LogP contribution >= 0.6 is 0 Å². The summed E-state index contributed by atoms with van der Waals surface area (Å²) in [7, 11) is 0. The second-order valence-electron chi connectivity index (χ2n) is 10.2. The number of amidine groups is 1. The number of amides is 1. The molecular formula is C31H43N7O7. The molecule has 0 radical (unpaired) electrons. The average Bonchev–Trinajstić information content (AvgIpc) is 2.93. The van der Waals surface area contributed by atoms with Crippen LogP contribution in [0.4, 0.5) is 11.5 Å². The van der Waals surface area contributed by atoms with E-state index in [1.165, 1.54) is 4.57 Å². The lowest BCUT2D eigenvalue weighted by Gasteiger charge is -2.18. The second kappa shape index (κ2) is 18.3. The lowest BCUT2D eigenvalue weighted by Crippen LogP contribution is -2.35. The van der Waals surface area contributed by atoms with Crippen molar-refractivity contribution >= 4 is 35.2 Å². The molecule has 9 N–H and O–H groups in total. The minimum absolute atomic E-state index is 0.0112. The average molecular weight is 626 g/mol. The van der Waals surface area contributed by atoms with Crippen LogP contribution in [0.3, 0.4) is 0 Å². The van der Waals surface area contributed by atoms with Crippen LogP contribution in [-0.2, 0) is 27.5 Å². The zero-order chi connectivity index (χ0) is 34.3. The summed E-state index contributed by atoms with van der Waals surface area (Å²) < 4.78 is 7.33. The molecule has 14 nitrogen and oxygen atoms in total. The van der Waals surface area contributed by atoms with Crippen LogP contribution in [-0.4, -0.2) is 55.6 Å². The summed E-state index contributed by atoms with van der Waals surface area (Å²) in [6.07, 6.45) is 2.37. The van der Waals surface area contributed by atoms with E-state index in [9.17, 15) is 9.59 Å². The number of hydrogen-bond acceptors (Lipinski definition) is 9. The Bertz CT molecular complexity index is 1500. The van der Waals surface area contributed by atoms with Crippen molar-refractivity contribution in [2.75, 3.05) is 11.1 Å². The highest BCUT2D eigenvalue weighted by molar-refractivity contribution is 5.94. The molecule has 0 bridgehead atoms. The van der Waals surface area contributed by atoms with E-state index in [1.54, 1.807) is 48.7 Å². The zero-order valence-electron chi connectivity index (χ0n) is 26.4. The Morgan fingerprint density at radius 1 is 1.04 bits per heavy atom. The van der Waals surface area contributed by atoms with Gasteiger partial charge in [-0.05, 0) is 44.9 Å². The normalized spacial score (nSPS) is 10.7. The highest BCUT2D eigenvalue weighted by Gasteiger charge is 2.17. The van der Waals surface area contributed by atoms with Crippen LogP contribution < -0.4 is 32.4 Å². The molecule has 1 atom stereocenters. The van der Waals surface area contributed by atoms with Gasteiger partial charge in [-0.2, -0.15) is 0 Å². The molecule has 3 aromatic rings. The molecule has 1 amide bonds. The largest absolute Gasteiger partial charge is 0.491 e. The molecule has 0 saturated heterocycles. The fourth-order valence-electron chi connectivity index (χ4n) is 3.60. The standard InChI is InChI=1S/C27H35N7O3.2C2H4O2/c1-5-17(4)37-22-11-20(10-21(28)12-22)23-14-32-26(33-16(2)3)27(36)34(23)15-24(35)31-13-18-6-8-19(9-7-18)25(29)30;2*1-2(3)4/h6-12,14,16-17H,5,13,15,28H2,1-4H3,(H3,29,30)(H,31,35)(H,32,33);2*1H3,(H,3,4). The SMILES string of the molecule is CC(=O)O.CC(=O)O.CCC(C)Oc1cc(N)cc(-c2cnc(NC(C)C)c(=O)n2CC(=O)NCc2ccc(C(=N)N)cc2)c1. The first-order valence-electron chi connectivity index (χ1n) is 14.1. The molecule has 14 heteroatoms. The summed E-state index contributed by atoms with van der Waals surface area (Å²) in [5.74, 6) is -1.30. The molecular weight excluding hydrogens is 582 g/mol. The molecule has 2 aromatic carbocycles. The Morgan fingerprint density at radius 3 is 2.13 bits per heavy atom. The highest BCUT2D eigenvalue weighted by Crippen LogP contribution is 2.28. The lowest BCUT2D eigenvalue weighted by molar-refractivity contribution is -0.135. The molecule has 0 aliphatic rings. The fraction of sp³-hybridized carbons (Fsp3) is 0.355. The van der Waals surface area contributed by atoms with Gasteiger partial charge in [0.15, 0.2) is 5.82 Å². The van der Waals surface area contributed by atoms with Crippen LogP contribution in [0.5, 0.6) is 5.75 Å². The number of rotatable bonds is 11. The molecule has 0 aliphatic carbocycles. The number of nitrogens with one attached hydrogen (secondary N) is 3. The minimum Gasteiger partial charge on any atom is -0.491 e. The third kappa shape index (κ3) is 14.1. The van der Waals surface area contributed by atoms with Crippen molar-refractivity contribution in [2.24, 2.45) is 5.73 Å². The summed E-state index contributed by atoms with van der Waals surface area (Å²) in [5, 5.41) is 28.2. The Balaban J connectivity index is 0.00000113. The molecule has 1 heterocycles. The van der Waals surface area contributed by atoms with E-state index in [1.807, 2.05) is 27.7 Å². The lowest BCUT2D eigenvalue weighted by atomic mass is 10.1. The Morgan fingerprint density at radius 2 is 1.62 bits per heavy atom. The van der Waals surface area contributed by atoms with Crippen LogP contribution in [0.15, 0.2) is 53.5 Å². The molecule has 1 unspecified atom stereocenters. The van der Waals surface area contributed by atoms with Crippen molar-refractivity contribution in [3.63, 3.8) is 0 Å². The summed E-state index contributed by atoms with van der Waals surface area (Å²) in [6.45, 7) is 10.0. The summed E-state index contributed by atoms with van der Waals surface area (Å²) in [5.41, 5.74) is 14.2. The van der Waals surface area contributed by atoms with E-state index < -0.39 is 17.5 Å². The number of ether oxygens (including phenoxy) is 1. The van der Waals surface area contributed by atoms with Crippen molar-refractivity contribution < 1.29 is 29.3 Å². The smallest absolute Gasteiger partial charge is 0.300 e. The van der Waals surface area contributed by atoms with E-state index in [-0.39, 0.29) is 42.8 Å². The monoisotopic (exact) mass is 625 g/mol. The number of nitrogens with two attached hydrogens (primary N) is 2. The first kappa shape index (κ1) is 37.6. The van der Waals surface area contributed by atoms with E-state index in [2.05, 4.69) is 15.6 Å². The van der Waals surface area contributed by atoms with E-state index in [0.717, 1.165) is 25.8 Å². The zero-order valence-corrected chi connectivity index (χ0v) is 26.4. The Hall–Kier alpha value is -5.40. The molecule has 1 aromatic heterocycles. The molecule has 244 valence electrons. The van der Waals surface area contributed by atoms with Gasteiger partial charge in [0.25, 0.3) is 17.5 Å². The number of carboxylic acids is 2. The molecule has 3 rings (SSSR count). The van der Waals surface area contributed by atoms with Crippen molar-refractivity contribution in [2.45, 2.75) is 73.2 Å². The van der Waals surface area contributed by atoms with Gasteiger partial charge in [0.1, 0.15) is 18.1 Å². The maximum Gasteiger partial charge on any atom is 0.300 e. The topological polar surface area (TPSA) is 236 Å². The predicted molar refractivity (Wildman–Crippen MR) is 173 cm³/mol. The number of nitrogens with zero attached hydrogens (tertiary/aromatic N) is 2. The summed E-state index contributed by atoms with van der Waals surface area (Å²) in [4.78, 5) is 48.6. The molecule has 0 saturated carbocycles. The fourth-order valence-corrected chi connectivity index (χ4v) is 3.60. The number of nitrogen functional groups attached to an aromatic ring is 2. The molecule has 0 fully saturated rings. The quantitative estimate of drug-likeness (QED) is 0.0927. The van der Waals surface area contributed by atoms with Crippen LogP contribution in [0, 0.1) is 5.41 Å². The van der Waals surface area contributed by atoms with Gasteiger partial charge < -0.3 is 37.1 Å². The number of aromatic nitrogens is 2. The number of carbonyl (C=O) groups excluding carboxylic acids is 1. The first-order valence-corrected chi connectivity index (χ1v) is 14.1. The van der Waals surface area contributed by atoms with Gasteiger partial charge in [-0.15, -0.1) is 0 Å². The van der Waals surface area contributed by atoms with Crippen LogP contribution in [0.1, 0.15) is 59.1 Å². The molecule has 0 spiro atoms. The maximum atomic E-state index is 13.4. The third-order valence-corrected chi connectivity index (χ3v) is 5.67. The third-order valence-electron chi connectivity index (χ3n) is 5.67. The summed E-state index contributed by atoms with van der Waals surface area (Å²) >= 11 is 0. The number of hydrogen-bond donors (Lipinski definition) is 7. The van der Waals surface area contributed by atoms with Crippen LogP contribution in [0.2, 0.25) is 0 Å². The van der Waals surface area contributed by atoms with Crippen molar-refractivity contribution in [1.82, 2.24) is 14.9 Å². The van der Waals surface area contributed by atoms with Gasteiger partial charge in [-0.1, -0.05) is 31.2 Å². The maximum absolute atomic E-state index is 13.4. The van der Waals surface area contributed by atoms with Gasteiger partial charge in [0.05, 0.1) is 18.0 Å². The summed E-state index contributed by atoms with van der Waals surface area (Å²) in [6, 6.07) is 12.2. The van der Waals surface area contributed by atoms with Gasteiger partial charge in [0.2, 0.25) is 5.91 Å². The van der Waals surface area contributed by atoms with Crippen molar-refractivity contribution in [3.05, 3.63) is 70.1 Å². The number of anilines is 2. The van der Waals surface area contributed by atoms with Gasteiger partial charge in [-0.3, -0.25) is 29.2 Å². The van der Waals surface area contributed by atoms with Crippen molar-refractivity contribution in [1.29, 1.82) is 5.41 Å². The predicted octanol–water partition coefficient (Wildman–Crippen LogP) is 3.27. The van der Waals surface area contributed by atoms with E-state index in [4.69, 9.17) is 41.4 Å². The Labute approximate surface area is 261 Å². The molecule has 45 heavy (non-hydrogen) atoms. The van der Waals surface area contributed by atoms with Gasteiger partial charge >= 0.3 is 0 Å². The minimum atomic E-state index is -0.833. The van der Waals surface area contributed by atoms with Crippen LogP contribution in [0.25, 0.3) is 11.3 Å². The van der Waals surface area contributed by atoms with Gasteiger partial charge in [-0.25, -0.2) is 4.98 Å². The highest BCUT2D eigenvalue weighted by atomic mass is 16.5. The number of benzene rings is 2. The number of carboxylic acid groups (broad SMARTS) is 2. The van der Waals surface area contributed by atoms with E-state index in [0.29, 0.717) is 28.3 Å². The second-order valence-corrected chi connectivity index (χ2v) is 10.2. The number of aliphatic carboxylic acids is 2. The van der Waals surface area contributed by atoms with Gasteiger partial charge in [0, 0.05) is 49.3 Å². The number of carbonyl (C=O) groups is 3.